The molecule has 2 heterocycles. The molecular weight excluding hydrogens is 390 g/mol. The number of fused-ring (bicyclic) bond motifs is 2. The molecule has 1 atom stereocenters. The molecule has 2 aromatic carbocycles. The fourth-order valence-electron chi connectivity index (χ4n) is 4.17. The summed E-state index contributed by atoms with van der Waals surface area (Å²) >= 11 is 1.40. The van der Waals surface area contributed by atoms with Gasteiger partial charge in [-0.1, -0.05) is 43.3 Å². The van der Waals surface area contributed by atoms with Gasteiger partial charge in [0.15, 0.2) is 0 Å². The van der Waals surface area contributed by atoms with Crippen LogP contribution >= 0.6 is 11.3 Å². The van der Waals surface area contributed by atoms with E-state index in [-0.39, 0.29) is 5.91 Å². The smallest absolute Gasteiger partial charge is 0.275 e. The number of thiophene rings is 1. The van der Waals surface area contributed by atoms with Crippen molar-refractivity contribution in [3.63, 3.8) is 0 Å². The first-order valence-corrected chi connectivity index (χ1v) is 11.1. The maximum absolute atomic E-state index is 13.7. The minimum atomic E-state index is -0.126. The molecule has 4 aromatic rings. The molecule has 0 saturated heterocycles. The lowest BCUT2D eigenvalue weighted by Crippen LogP contribution is -2.25. The van der Waals surface area contributed by atoms with E-state index in [0.29, 0.717) is 16.5 Å². The highest BCUT2D eigenvalue weighted by molar-refractivity contribution is 7.21. The lowest BCUT2D eigenvalue weighted by atomic mass is 9.87. The van der Waals surface area contributed by atoms with Gasteiger partial charge in [0.1, 0.15) is 9.71 Å². The van der Waals surface area contributed by atoms with E-state index < -0.39 is 0 Å². The molecule has 0 fully saturated rings. The Kier molecular flexibility index (Phi) is 4.75. The summed E-state index contributed by atoms with van der Waals surface area (Å²) in [7, 11) is 0. The van der Waals surface area contributed by atoms with E-state index in [9.17, 15) is 4.79 Å². The summed E-state index contributed by atoms with van der Waals surface area (Å²) in [5.74, 6) is 0.531. The van der Waals surface area contributed by atoms with Crippen molar-refractivity contribution in [2.45, 2.75) is 26.2 Å². The molecule has 0 spiro atoms. The van der Waals surface area contributed by atoms with Gasteiger partial charge in [-0.2, -0.15) is 0 Å². The molecule has 5 heteroatoms. The minimum Gasteiger partial charge on any atom is -0.397 e. The molecule has 0 aliphatic heterocycles. The molecule has 1 amide bonds. The third-order valence-electron chi connectivity index (χ3n) is 5.76. The van der Waals surface area contributed by atoms with Crippen molar-refractivity contribution in [3.05, 3.63) is 82.9 Å². The molecule has 2 aromatic heterocycles. The number of carbonyl (C=O) groups is 1. The number of nitrogens with zero attached hydrogens (tertiary/aromatic N) is 2. The summed E-state index contributed by atoms with van der Waals surface area (Å²) in [6, 6.07) is 21.5. The number of aromatic nitrogens is 1. The summed E-state index contributed by atoms with van der Waals surface area (Å²) in [5.41, 5.74) is 11.1. The zero-order valence-corrected chi connectivity index (χ0v) is 17.7. The number of benzene rings is 2. The van der Waals surface area contributed by atoms with Crippen molar-refractivity contribution in [2.24, 2.45) is 5.92 Å². The molecule has 4 nitrogen and oxygen atoms in total. The van der Waals surface area contributed by atoms with Crippen LogP contribution in [0.25, 0.3) is 10.2 Å². The standard InChI is InChI=1S/C25H23N3OS/c1-16-12-13-21-17(14-16)15-20-22(26)23(30-24(20)27-21)25(29)28(18-8-4-2-5-9-18)19-10-6-3-7-11-19/h2-11,15-16H,12-14,26H2,1H3. The third-order valence-corrected chi connectivity index (χ3v) is 6.86. The van der Waals surface area contributed by atoms with Gasteiger partial charge in [-0.15, -0.1) is 11.3 Å². The monoisotopic (exact) mass is 413 g/mol. The normalized spacial score (nSPS) is 15.7. The van der Waals surface area contributed by atoms with Crippen LogP contribution in [0.2, 0.25) is 0 Å². The summed E-state index contributed by atoms with van der Waals surface area (Å²) in [6.07, 6.45) is 3.18. The molecule has 0 saturated carbocycles. The van der Waals surface area contributed by atoms with Gasteiger partial charge in [0.2, 0.25) is 0 Å². The van der Waals surface area contributed by atoms with E-state index in [1.807, 2.05) is 60.7 Å². The van der Waals surface area contributed by atoms with E-state index in [0.717, 1.165) is 46.5 Å². The number of hydrogen-bond donors (Lipinski definition) is 1. The maximum Gasteiger partial charge on any atom is 0.275 e. The van der Waals surface area contributed by atoms with E-state index in [2.05, 4.69) is 13.0 Å². The van der Waals surface area contributed by atoms with Crippen molar-refractivity contribution in [2.75, 3.05) is 10.6 Å². The predicted octanol–water partition coefficient (Wildman–Crippen LogP) is 5.98. The van der Waals surface area contributed by atoms with Crippen LogP contribution in [0, 0.1) is 5.92 Å². The Balaban J connectivity index is 1.62. The van der Waals surface area contributed by atoms with Crippen LogP contribution in [0.4, 0.5) is 17.1 Å². The summed E-state index contributed by atoms with van der Waals surface area (Å²) in [4.78, 5) is 21.7. The lowest BCUT2D eigenvalue weighted by molar-refractivity contribution is 0.100. The van der Waals surface area contributed by atoms with Crippen LogP contribution in [-0.2, 0) is 12.8 Å². The number of hydrogen-bond acceptors (Lipinski definition) is 4. The second-order valence-corrected chi connectivity index (χ2v) is 8.95. The van der Waals surface area contributed by atoms with Gasteiger partial charge >= 0.3 is 0 Å². The van der Waals surface area contributed by atoms with Gasteiger partial charge in [0.05, 0.1) is 5.69 Å². The molecule has 1 aliphatic rings. The van der Waals surface area contributed by atoms with Crippen LogP contribution < -0.4 is 10.6 Å². The largest absolute Gasteiger partial charge is 0.397 e. The molecule has 5 rings (SSSR count). The number of carbonyl (C=O) groups excluding carboxylic acids is 1. The van der Waals surface area contributed by atoms with Crippen molar-refractivity contribution in [3.8, 4) is 0 Å². The Labute approximate surface area is 180 Å². The number of para-hydroxylation sites is 2. The van der Waals surface area contributed by atoms with E-state index >= 15 is 0 Å². The highest BCUT2D eigenvalue weighted by Gasteiger charge is 2.26. The molecule has 30 heavy (non-hydrogen) atoms. The Bertz CT molecular complexity index is 1180. The highest BCUT2D eigenvalue weighted by Crippen LogP contribution is 2.38. The SMILES string of the molecule is CC1CCc2nc3sc(C(=O)N(c4ccccc4)c4ccccc4)c(N)c3cc2C1. The number of rotatable bonds is 3. The predicted molar refractivity (Wildman–Crippen MR) is 125 cm³/mol. The average molecular weight is 414 g/mol. The molecule has 0 bridgehead atoms. The number of anilines is 3. The Morgan fingerprint density at radius 1 is 1.07 bits per heavy atom. The van der Waals surface area contributed by atoms with Crippen molar-refractivity contribution < 1.29 is 4.79 Å². The summed E-state index contributed by atoms with van der Waals surface area (Å²) in [5, 5.41) is 0.900. The first-order chi connectivity index (χ1) is 14.6. The highest BCUT2D eigenvalue weighted by atomic mass is 32.1. The number of nitrogens with two attached hydrogens (primary N) is 1. The van der Waals surface area contributed by atoms with E-state index in [4.69, 9.17) is 10.7 Å². The van der Waals surface area contributed by atoms with E-state index in [1.165, 1.54) is 16.9 Å². The van der Waals surface area contributed by atoms with Crippen LogP contribution in [0.15, 0.2) is 66.7 Å². The number of aryl methyl sites for hydroxylation is 1. The van der Waals surface area contributed by atoms with Crippen LogP contribution in [0.1, 0.15) is 34.3 Å². The average Bonchev–Trinajstić information content (AvgIpc) is 3.09. The second kappa shape index (κ2) is 7.58. The molecule has 1 unspecified atom stereocenters. The molecule has 2 N–H and O–H groups in total. The first-order valence-electron chi connectivity index (χ1n) is 10.3. The zero-order valence-electron chi connectivity index (χ0n) is 16.8. The van der Waals surface area contributed by atoms with Crippen molar-refractivity contribution in [1.82, 2.24) is 4.98 Å². The van der Waals surface area contributed by atoms with Crippen molar-refractivity contribution in [1.29, 1.82) is 0 Å². The number of amides is 1. The van der Waals surface area contributed by atoms with Gasteiger partial charge < -0.3 is 5.73 Å². The van der Waals surface area contributed by atoms with Crippen LogP contribution in [-0.4, -0.2) is 10.9 Å². The number of nitrogen functional groups attached to an aromatic ring is 1. The van der Waals surface area contributed by atoms with Gasteiger partial charge in [0, 0.05) is 22.5 Å². The fraction of sp³-hybridized carbons (Fsp3) is 0.200. The topological polar surface area (TPSA) is 59.2 Å². The molecule has 150 valence electrons. The molecular formula is C25H23N3OS. The minimum absolute atomic E-state index is 0.126. The van der Waals surface area contributed by atoms with Crippen LogP contribution in [0.3, 0.4) is 0 Å². The maximum atomic E-state index is 13.7. The van der Waals surface area contributed by atoms with Gasteiger partial charge in [0.25, 0.3) is 5.91 Å². The second-order valence-electron chi connectivity index (χ2n) is 7.95. The summed E-state index contributed by atoms with van der Waals surface area (Å²) in [6.45, 7) is 2.27. The van der Waals surface area contributed by atoms with E-state index in [1.54, 1.807) is 4.90 Å². The zero-order chi connectivity index (χ0) is 20.7. The Hall–Kier alpha value is -3.18. The third kappa shape index (κ3) is 3.25. The quantitative estimate of drug-likeness (QED) is 0.449. The van der Waals surface area contributed by atoms with Crippen molar-refractivity contribution >= 4 is 44.5 Å². The summed E-state index contributed by atoms with van der Waals surface area (Å²) < 4.78 is 0. The molecule has 0 radical (unpaired) electrons. The van der Waals surface area contributed by atoms with Gasteiger partial charge in [-0.25, -0.2) is 4.98 Å². The Morgan fingerprint density at radius 3 is 2.33 bits per heavy atom. The van der Waals surface area contributed by atoms with Gasteiger partial charge in [-0.3, -0.25) is 9.69 Å². The fourth-order valence-corrected chi connectivity index (χ4v) is 5.20. The van der Waals surface area contributed by atoms with Crippen LogP contribution in [0.5, 0.6) is 0 Å². The number of pyridine rings is 1. The Morgan fingerprint density at radius 2 is 1.70 bits per heavy atom. The lowest BCUT2D eigenvalue weighted by Gasteiger charge is -2.22. The molecule has 1 aliphatic carbocycles. The van der Waals surface area contributed by atoms with Gasteiger partial charge in [-0.05, 0) is 61.1 Å². The first kappa shape index (κ1) is 18.8.